The maximum absolute atomic E-state index is 11.3. The zero-order valence-corrected chi connectivity index (χ0v) is 9.64. The van der Waals surface area contributed by atoms with Gasteiger partial charge in [0.1, 0.15) is 0 Å². The Labute approximate surface area is 100 Å². The van der Waals surface area contributed by atoms with Crippen LogP contribution < -0.4 is 5.32 Å². The third-order valence-electron chi connectivity index (χ3n) is 2.36. The van der Waals surface area contributed by atoms with Gasteiger partial charge >= 0.3 is 5.97 Å². The van der Waals surface area contributed by atoms with Crippen molar-refractivity contribution >= 4 is 17.9 Å². The largest absolute Gasteiger partial charge is 0.466 e. The number of ether oxygens (including phenoxy) is 1. The van der Waals surface area contributed by atoms with E-state index in [1.54, 1.807) is 19.3 Å². The Morgan fingerprint density at radius 2 is 2.24 bits per heavy atom. The smallest absolute Gasteiger partial charge is 0.311 e. The summed E-state index contributed by atoms with van der Waals surface area (Å²) in [5.41, 5.74) is 2.65. The van der Waals surface area contributed by atoms with Crippen LogP contribution in [0.4, 0.5) is 5.69 Å². The molecular formula is C13H14N2O2. The highest BCUT2D eigenvalue weighted by molar-refractivity contribution is 5.90. The molecule has 0 aromatic heterocycles. The monoisotopic (exact) mass is 230 g/mol. The van der Waals surface area contributed by atoms with Crippen LogP contribution in [0, 0.1) is 0 Å². The third-order valence-corrected chi connectivity index (χ3v) is 2.36. The number of rotatable bonds is 3. The van der Waals surface area contributed by atoms with Crippen molar-refractivity contribution < 1.29 is 9.53 Å². The molecule has 1 N–H and O–H groups in total. The average molecular weight is 230 g/mol. The summed E-state index contributed by atoms with van der Waals surface area (Å²) in [6.07, 6.45) is 3.67. The molecule has 1 aliphatic rings. The van der Waals surface area contributed by atoms with Gasteiger partial charge in [0.05, 0.1) is 18.7 Å². The lowest BCUT2D eigenvalue weighted by atomic mass is 10.2. The van der Waals surface area contributed by atoms with Crippen LogP contribution in [0.3, 0.4) is 0 Å². The second kappa shape index (κ2) is 5.30. The van der Waals surface area contributed by atoms with Gasteiger partial charge in [-0.3, -0.25) is 9.79 Å². The fourth-order valence-electron chi connectivity index (χ4n) is 1.55. The number of aliphatic imine (C=N–C) groups is 1. The molecule has 0 amide bonds. The summed E-state index contributed by atoms with van der Waals surface area (Å²) in [5, 5.41) is 3.13. The Morgan fingerprint density at radius 1 is 1.41 bits per heavy atom. The highest BCUT2D eigenvalue weighted by atomic mass is 16.5. The van der Waals surface area contributed by atoms with Crippen LogP contribution in [0.2, 0.25) is 0 Å². The van der Waals surface area contributed by atoms with E-state index in [-0.39, 0.29) is 12.4 Å². The van der Waals surface area contributed by atoms with Crippen molar-refractivity contribution in [3.8, 4) is 0 Å². The number of hydrogen-bond acceptors (Lipinski definition) is 4. The van der Waals surface area contributed by atoms with Crippen LogP contribution >= 0.6 is 0 Å². The van der Waals surface area contributed by atoms with Crippen LogP contribution in [0.15, 0.2) is 41.2 Å². The van der Waals surface area contributed by atoms with E-state index in [9.17, 15) is 4.79 Å². The Morgan fingerprint density at radius 3 is 3.06 bits per heavy atom. The van der Waals surface area contributed by atoms with Crippen LogP contribution in [0.5, 0.6) is 0 Å². The number of benzene rings is 1. The highest BCUT2D eigenvalue weighted by Gasteiger charge is 2.08. The van der Waals surface area contributed by atoms with E-state index in [2.05, 4.69) is 10.3 Å². The van der Waals surface area contributed by atoms with E-state index < -0.39 is 0 Å². The molecule has 0 fully saturated rings. The number of nitrogens with zero attached hydrogens (tertiary/aromatic N) is 1. The van der Waals surface area contributed by atoms with Crippen molar-refractivity contribution in [3.63, 3.8) is 0 Å². The molecule has 0 unspecified atom stereocenters. The van der Waals surface area contributed by atoms with Crippen molar-refractivity contribution in [2.75, 3.05) is 11.9 Å². The van der Waals surface area contributed by atoms with Crippen molar-refractivity contribution in [2.24, 2.45) is 4.99 Å². The highest BCUT2D eigenvalue weighted by Crippen LogP contribution is 2.18. The van der Waals surface area contributed by atoms with Gasteiger partial charge in [-0.2, -0.15) is 0 Å². The molecule has 1 aromatic rings. The molecule has 0 spiro atoms. The number of fused-ring (bicyclic) bond motifs is 1. The minimum atomic E-state index is -0.261. The van der Waals surface area contributed by atoms with Crippen LogP contribution in [-0.2, 0) is 9.53 Å². The Bertz CT molecular complexity index is 478. The Hall–Kier alpha value is -2.10. The first kappa shape index (κ1) is 11.4. The second-order valence-corrected chi connectivity index (χ2v) is 3.61. The molecule has 1 aliphatic heterocycles. The first-order valence-electron chi connectivity index (χ1n) is 5.54. The molecular weight excluding hydrogens is 216 g/mol. The topological polar surface area (TPSA) is 50.7 Å². The standard InChI is InChI=1S/C13H14N2O2/c1-2-17-13(16)7-11-9-15-12-6-4-3-5-10(12)8-14-11/h3-6,8-9,15H,2,7H2,1H3. The summed E-state index contributed by atoms with van der Waals surface area (Å²) in [5.74, 6) is -0.261. The van der Waals surface area contributed by atoms with Crippen LogP contribution in [-0.4, -0.2) is 18.8 Å². The molecule has 0 saturated carbocycles. The molecule has 2 rings (SSSR count). The van der Waals surface area contributed by atoms with Gasteiger partial charge in [-0.25, -0.2) is 0 Å². The summed E-state index contributed by atoms with van der Waals surface area (Å²) in [7, 11) is 0. The number of hydrogen-bond donors (Lipinski definition) is 1. The molecule has 0 atom stereocenters. The van der Waals surface area contributed by atoms with Crippen molar-refractivity contribution in [1.29, 1.82) is 0 Å². The summed E-state index contributed by atoms with van der Waals surface area (Å²) in [6.45, 7) is 2.18. The number of nitrogens with one attached hydrogen (secondary N) is 1. The Kier molecular flexibility index (Phi) is 3.55. The van der Waals surface area contributed by atoms with Gasteiger partial charge in [-0.15, -0.1) is 0 Å². The van der Waals surface area contributed by atoms with Gasteiger partial charge in [0.2, 0.25) is 0 Å². The molecule has 4 nitrogen and oxygen atoms in total. The van der Waals surface area contributed by atoms with Crippen molar-refractivity contribution in [3.05, 3.63) is 41.7 Å². The summed E-state index contributed by atoms with van der Waals surface area (Å²) < 4.78 is 4.88. The molecule has 0 aliphatic carbocycles. The minimum absolute atomic E-state index is 0.186. The zero-order chi connectivity index (χ0) is 12.1. The van der Waals surface area contributed by atoms with E-state index in [4.69, 9.17) is 4.74 Å². The SMILES string of the molecule is CCOC(=O)CC1=CNc2ccccc2C=N1. The number of anilines is 1. The quantitative estimate of drug-likeness (QED) is 0.811. The van der Waals surface area contributed by atoms with Gasteiger partial charge in [-0.1, -0.05) is 18.2 Å². The predicted molar refractivity (Wildman–Crippen MR) is 67.0 cm³/mol. The predicted octanol–water partition coefficient (Wildman–Crippen LogP) is 2.33. The summed E-state index contributed by atoms with van der Waals surface area (Å²) in [4.78, 5) is 15.6. The lowest BCUT2D eigenvalue weighted by molar-refractivity contribution is -0.142. The molecule has 1 heterocycles. The second-order valence-electron chi connectivity index (χ2n) is 3.61. The van der Waals surface area contributed by atoms with E-state index >= 15 is 0 Å². The van der Waals surface area contributed by atoms with Gasteiger partial charge in [0.15, 0.2) is 0 Å². The number of carbonyl (C=O) groups excluding carboxylic acids is 1. The summed E-state index contributed by atoms with van der Waals surface area (Å²) >= 11 is 0. The van der Waals surface area contributed by atoms with Gasteiger partial charge in [-0.05, 0) is 13.0 Å². The van der Waals surface area contributed by atoms with E-state index in [0.29, 0.717) is 12.3 Å². The molecule has 4 heteroatoms. The van der Waals surface area contributed by atoms with Crippen LogP contribution in [0.1, 0.15) is 18.9 Å². The molecule has 17 heavy (non-hydrogen) atoms. The van der Waals surface area contributed by atoms with Crippen molar-refractivity contribution in [1.82, 2.24) is 0 Å². The zero-order valence-electron chi connectivity index (χ0n) is 9.64. The first-order chi connectivity index (χ1) is 8.29. The van der Waals surface area contributed by atoms with Crippen molar-refractivity contribution in [2.45, 2.75) is 13.3 Å². The lowest BCUT2D eigenvalue weighted by Crippen LogP contribution is -2.04. The number of para-hydroxylation sites is 1. The lowest BCUT2D eigenvalue weighted by Gasteiger charge is -2.02. The maximum atomic E-state index is 11.3. The molecule has 88 valence electrons. The van der Waals surface area contributed by atoms with Gasteiger partial charge < -0.3 is 10.1 Å². The summed E-state index contributed by atoms with van der Waals surface area (Å²) in [6, 6.07) is 7.82. The first-order valence-corrected chi connectivity index (χ1v) is 5.54. The van der Waals surface area contributed by atoms with Gasteiger partial charge in [0.25, 0.3) is 0 Å². The minimum Gasteiger partial charge on any atom is -0.466 e. The number of esters is 1. The normalized spacial score (nSPS) is 13.1. The van der Waals surface area contributed by atoms with Crippen LogP contribution in [0.25, 0.3) is 0 Å². The molecule has 1 aromatic carbocycles. The molecule has 0 saturated heterocycles. The third kappa shape index (κ3) is 2.93. The van der Waals surface area contributed by atoms with E-state index in [0.717, 1.165) is 11.3 Å². The number of carbonyl (C=O) groups is 1. The molecule has 0 bridgehead atoms. The average Bonchev–Trinajstić information content (AvgIpc) is 2.53. The van der Waals surface area contributed by atoms with E-state index in [1.807, 2.05) is 24.3 Å². The fraction of sp³-hybridized carbons (Fsp3) is 0.231. The van der Waals surface area contributed by atoms with E-state index in [1.165, 1.54) is 0 Å². The maximum Gasteiger partial charge on any atom is 0.311 e. The molecule has 0 radical (unpaired) electrons. The fourth-order valence-corrected chi connectivity index (χ4v) is 1.55. The Balaban J connectivity index is 2.09. The van der Waals surface area contributed by atoms with Gasteiger partial charge in [0, 0.05) is 23.7 Å².